The van der Waals surface area contributed by atoms with Gasteiger partial charge >= 0.3 is 0 Å². The SMILES string of the molecule is COc1ccc(CCC(=O)N2CCN(c3nnc4cccc(C)n34)CC2)cc1. The van der Waals surface area contributed by atoms with Crippen molar-refractivity contribution in [3.8, 4) is 5.75 Å². The minimum atomic E-state index is 0.206. The molecule has 0 saturated carbocycles. The molecule has 0 radical (unpaired) electrons. The molecule has 7 nitrogen and oxygen atoms in total. The van der Waals surface area contributed by atoms with Gasteiger partial charge in [-0.1, -0.05) is 18.2 Å². The maximum absolute atomic E-state index is 12.6. The quantitative estimate of drug-likeness (QED) is 0.681. The summed E-state index contributed by atoms with van der Waals surface area (Å²) in [6.45, 7) is 5.01. The first kappa shape index (κ1) is 18.3. The van der Waals surface area contributed by atoms with Crippen LogP contribution in [0.25, 0.3) is 5.65 Å². The van der Waals surface area contributed by atoms with E-state index in [0.29, 0.717) is 19.5 Å². The van der Waals surface area contributed by atoms with Crippen LogP contribution >= 0.6 is 0 Å². The Labute approximate surface area is 164 Å². The molecule has 3 aromatic rings. The molecule has 146 valence electrons. The standard InChI is InChI=1S/C21H25N5O2/c1-16-4-3-5-19-22-23-21(26(16)19)25-14-12-24(13-15-25)20(27)11-8-17-6-9-18(28-2)10-7-17/h3-7,9-10H,8,11-15H2,1-2H3. The van der Waals surface area contributed by atoms with Gasteiger partial charge in [-0.15, -0.1) is 10.2 Å². The van der Waals surface area contributed by atoms with Crippen molar-refractivity contribution in [2.45, 2.75) is 19.8 Å². The third-order valence-electron chi connectivity index (χ3n) is 5.31. The van der Waals surface area contributed by atoms with Gasteiger partial charge < -0.3 is 14.5 Å². The van der Waals surface area contributed by atoms with Gasteiger partial charge in [0.2, 0.25) is 11.9 Å². The summed E-state index contributed by atoms with van der Waals surface area (Å²) in [5.74, 6) is 1.90. The number of anilines is 1. The zero-order valence-corrected chi connectivity index (χ0v) is 16.3. The van der Waals surface area contributed by atoms with Crippen LogP contribution in [0.1, 0.15) is 17.7 Å². The average molecular weight is 379 g/mol. The van der Waals surface area contributed by atoms with Gasteiger partial charge in [-0.05, 0) is 43.2 Å². The highest BCUT2D eigenvalue weighted by Crippen LogP contribution is 2.18. The summed E-state index contributed by atoms with van der Waals surface area (Å²) < 4.78 is 7.24. The normalized spacial score (nSPS) is 14.5. The Morgan fingerprint density at radius 3 is 2.50 bits per heavy atom. The number of carbonyl (C=O) groups excluding carboxylic acids is 1. The summed E-state index contributed by atoms with van der Waals surface area (Å²) >= 11 is 0. The van der Waals surface area contributed by atoms with E-state index in [1.165, 1.54) is 0 Å². The molecule has 1 aromatic carbocycles. The number of piperazine rings is 1. The molecule has 1 aliphatic rings. The molecule has 0 spiro atoms. The lowest BCUT2D eigenvalue weighted by molar-refractivity contribution is -0.131. The highest BCUT2D eigenvalue weighted by atomic mass is 16.5. The van der Waals surface area contributed by atoms with Gasteiger partial charge in [0.15, 0.2) is 5.65 Å². The van der Waals surface area contributed by atoms with Gasteiger partial charge in [0.05, 0.1) is 7.11 Å². The predicted octanol–water partition coefficient (Wildman–Crippen LogP) is 2.33. The number of hydrogen-bond acceptors (Lipinski definition) is 5. The first-order chi connectivity index (χ1) is 13.7. The monoisotopic (exact) mass is 379 g/mol. The van der Waals surface area contributed by atoms with Crippen molar-refractivity contribution in [1.29, 1.82) is 0 Å². The Balaban J connectivity index is 1.33. The fraction of sp³-hybridized carbons (Fsp3) is 0.381. The maximum Gasteiger partial charge on any atom is 0.232 e. The molecular formula is C21H25N5O2. The van der Waals surface area contributed by atoms with E-state index < -0.39 is 0 Å². The Morgan fingerprint density at radius 2 is 1.79 bits per heavy atom. The lowest BCUT2D eigenvalue weighted by Crippen LogP contribution is -2.49. The van der Waals surface area contributed by atoms with E-state index in [2.05, 4.69) is 32.5 Å². The van der Waals surface area contributed by atoms with Gasteiger partial charge in [0.1, 0.15) is 5.75 Å². The van der Waals surface area contributed by atoms with Gasteiger partial charge in [-0.3, -0.25) is 9.20 Å². The van der Waals surface area contributed by atoms with Gasteiger partial charge in [0, 0.05) is 38.3 Å². The molecule has 0 unspecified atom stereocenters. The van der Waals surface area contributed by atoms with E-state index in [-0.39, 0.29) is 5.91 Å². The lowest BCUT2D eigenvalue weighted by Gasteiger charge is -2.35. The number of nitrogens with zero attached hydrogens (tertiary/aromatic N) is 5. The van der Waals surface area contributed by atoms with Gasteiger partial charge in [-0.25, -0.2) is 0 Å². The molecular weight excluding hydrogens is 354 g/mol. The fourth-order valence-electron chi connectivity index (χ4n) is 3.64. The Morgan fingerprint density at radius 1 is 1.04 bits per heavy atom. The van der Waals surface area contributed by atoms with Gasteiger partial charge in [0.25, 0.3) is 0 Å². The molecule has 1 aliphatic heterocycles. The number of pyridine rings is 1. The van der Waals surface area contributed by atoms with Crippen LogP contribution in [0.15, 0.2) is 42.5 Å². The lowest BCUT2D eigenvalue weighted by atomic mass is 10.1. The van der Waals surface area contributed by atoms with Crippen LogP contribution in [0.2, 0.25) is 0 Å². The van der Waals surface area contributed by atoms with Crippen LogP contribution in [0.4, 0.5) is 5.95 Å². The summed E-state index contributed by atoms with van der Waals surface area (Å²) in [7, 11) is 1.65. The number of hydrogen-bond donors (Lipinski definition) is 0. The third-order valence-corrected chi connectivity index (χ3v) is 5.31. The molecule has 0 bridgehead atoms. The topological polar surface area (TPSA) is 63.0 Å². The number of aromatic nitrogens is 3. The van der Waals surface area contributed by atoms with Crippen molar-refractivity contribution in [1.82, 2.24) is 19.5 Å². The van der Waals surface area contributed by atoms with Crippen LogP contribution in [0, 0.1) is 6.92 Å². The molecule has 28 heavy (non-hydrogen) atoms. The Bertz CT molecular complexity index is 959. The number of rotatable bonds is 5. The molecule has 4 rings (SSSR count). The van der Waals surface area contributed by atoms with Gasteiger partial charge in [-0.2, -0.15) is 0 Å². The minimum Gasteiger partial charge on any atom is -0.497 e. The van der Waals surface area contributed by atoms with E-state index in [0.717, 1.165) is 48.1 Å². The average Bonchev–Trinajstić information content (AvgIpc) is 3.18. The summed E-state index contributed by atoms with van der Waals surface area (Å²) in [5.41, 5.74) is 3.11. The van der Waals surface area contributed by atoms with Crippen LogP contribution in [0.5, 0.6) is 5.75 Å². The largest absolute Gasteiger partial charge is 0.497 e. The van der Waals surface area contributed by atoms with Crippen molar-refractivity contribution in [3.05, 3.63) is 53.7 Å². The number of amides is 1. The Hall–Kier alpha value is -3.09. The van der Waals surface area contributed by atoms with E-state index in [1.54, 1.807) is 7.11 Å². The number of aryl methyl sites for hydroxylation is 2. The number of fused-ring (bicyclic) bond motifs is 1. The zero-order chi connectivity index (χ0) is 19.5. The van der Waals surface area contributed by atoms with Crippen molar-refractivity contribution in [2.24, 2.45) is 0 Å². The zero-order valence-electron chi connectivity index (χ0n) is 16.3. The molecule has 0 aliphatic carbocycles. The fourth-order valence-corrected chi connectivity index (χ4v) is 3.64. The van der Waals surface area contributed by atoms with E-state index >= 15 is 0 Å². The van der Waals surface area contributed by atoms with E-state index in [1.807, 2.05) is 41.3 Å². The second kappa shape index (κ2) is 7.88. The minimum absolute atomic E-state index is 0.206. The summed E-state index contributed by atoms with van der Waals surface area (Å²) in [6, 6.07) is 13.9. The van der Waals surface area contributed by atoms with Crippen LogP contribution in [-0.2, 0) is 11.2 Å². The van der Waals surface area contributed by atoms with E-state index in [4.69, 9.17) is 4.74 Å². The number of benzene rings is 1. The molecule has 7 heteroatoms. The number of ether oxygens (including phenoxy) is 1. The highest BCUT2D eigenvalue weighted by Gasteiger charge is 2.24. The van der Waals surface area contributed by atoms with E-state index in [9.17, 15) is 4.79 Å². The third kappa shape index (κ3) is 3.65. The van der Waals surface area contributed by atoms with Crippen molar-refractivity contribution < 1.29 is 9.53 Å². The maximum atomic E-state index is 12.6. The summed E-state index contributed by atoms with van der Waals surface area (Å²) in [6.07, 6.45) is 1.27. The molecule has 3 heterocycles. The number of carbonyl (C=O) groups is 1. The molecule has 1 saturated heterocycles. The highest BCUT2D eigenvalue weighted by molar-refractivity contribution is 5.76. The van der Waals surface area contributed by atoms with Crippen molar-refractivity contribution in [3.63, 3.8) is 0 Å². The molecule has 1 amide bonds. The summed E-state index contributed by atoms with van der Waals surface area (Å²) in [5, 5.41) is 8.63. The number of methoxy groups -OCH3 is 1. The second-order valence-corrected chi connectivity index (χ2v) is 7.08. The van der Waals surface area contributed by atoms with Crippen molar-refractivity contribution in [2.75, 3.05) is 38.2 Å². The smallest absolute Gasteiger partial charge is 0.232 e. The first-order valence-corrected chi connectivity index (χ1v) is 9.62. The molecule has 1 fully saturated rings. The molecule has 2 aromatic heterocycles. The molecule has 0 N–H and O–H groups in total. The van der Waals surface area contributed by atoms with Crippen molar-refractivity contribution >= 4 is 17.5 Å². The summed E-state index contributed by atoms with van der Waals surface area (Å²) in [4.78, 5) is 16.8. The Kier molecular flexibility index (Phi) is 5.14. The predicted molar refractivity (Wildman–Crippen MR) is 108 cm³/mol. The second-order valence-electron chi connectivity index (χ2n) is 7.08. The first-order valence-electron chi connectivity index (χ1n) is 9.62. The van der Waals surface area contributed by atoms with Crippen LogP contribution in [0.3, 0.4) is 0 Å². The van der Waals surface area contributed by atoms with Crippen LogP contribution < -0.4 is 9.64 Å². The molecule has 0 atom stereocenters. The van der Waals surface area contributed by atoms with Crippen LogP contribution in [-0.4, -0.2) is 58.7 Å².